The highest BCUT2D eigenvalue weighted by Gasteiger charge is 2.27. The number of nitrogens with zero attached hydrogens (tertiary/aromatic N) is 1. The molecule has 0 aliphatic carbocycles. The number of amides is 1. The molecule has 3 rings (SSSR count). The fraction of sp³-hybridized carbons (Fsp3) is 0.375. The molecule has 0 fully saturated rings. The zero-order valence-electron chi connectivity index (χ0n) is 18.5. The Morgan fingerprint density at radius 2 is 1.81 bits per heavy atom. The lowest BCUT2D eigenvalue weighted by Crippen LogP contribution is -2.26. The van der Waals surface area contributed by atoms with Gasteiger partial charge in [0.15, 0.2) is 11.5 Å². The number of carboxylic acid groups (broad SMARTS) is 1. The zero-order valence-corrected chi connectivity index (χ0v) is 18.5. The van der Waals surface area contributed by atoms with E-state index in [0.29, 0.717) is 41.8 Å². The topological polar surface area (TPSA) is 106 Å². The van der Waals surface area contributed by atoms with Gasteiger partial charge in [-0.25, -0.2) is 0 Å². The average molecular weight is 440 g/mol. The summed E-state index contributed by atoms with van der Waals surface area (Å²) in [5.41, 5.74) is 3.11. The first-order valence-corrected chi connectivity index (χ1v) is 10.5. The van der Waals surface area contributed by atoms with Crippen LogP contribution in [0.1, 0.15) is 30.9 Å². The summed E-state index contributed by atoms with van der Waals surface area (Å²) in [5.74, 6) is -0.434. The van der Waals surface area contributed by atoms with Crippen LogP contribution in [0.3, 0.4) is 0 Å². The second-order valence-corrected chi connectivity index (χ2v) is 7.39. The molecule has 1 aliphatic heterocycles. The van der Waals surface area contributed by atoms with Crippen molar-refractivity contribution in [3.8, 4) is 17.2 Å². The third-order valence-electron chi connectivity index (χ3n) is 5.27. The number of aliphatic imine (C=N–C) groups is 1. The first kappa shape index (κ1) is 23.1. The van der Waals surface area contributed by atoms with E-state index in [1.165, 1.54) is 0 Å². The number of carbonyl (C=O) groups excluding carboxylic acids is 1. The van der Waals surface area contributed by atoms with Gasteiger partial charge in [0.2, 0.25) is 5.91 Å². The lowest BCUT2D eigenvalue weighted by molar-refractivity contribution is -0.143. The summed E-state index contributed by atoms with van der Waals surface area (Å²) in [4.78, 5) is 29.0. The summed E-state index contributed by atoms with van der Waals surface area (Å²) in [6, 6.07) is 10.7. The molecular weight excluding hydrogens is 412 g/mol. The van der Waals surface area contributed by atoms with Crippen LogP contribution in [0, 0.1) is 5.92 Å². The van der Waals surface area contributed by atoms with Gasteiger partial charge < -0.3 is 24.6 Å². The number of ether oxygens (including phenoxy) is 3. The Labute approximate surface area is 187 Å². The van der Waals surface area contributed by atoms with Crippen molar-refractivity contribution in [1.82, 2.24) is 0 Å². The Hall–Kier alpha value is -3.55. The average Bonchev–Trinajstić information content (AvgIpc) is 2.79. The number of nitrogens with one attached hydrogen (secondary N) is 1. The Bertz CT molecular complexity index is 1000. The van der Waals surface area contributed by atoms with E-state index in [9.17, 15) is 14.7 Å². The van der Waals surface area contributed by atoms with Gasteiger partial charge in [0.25, 0.3) is 0 Å². The molecule has 8 heteroatoms. The molecule has 1 heterocycles. The predicted octanol–water partition coefficient (Wildman–Crippen LogP) is 3.57. The summed E-state index contributed by atoms with van der Waals surface area (Å²) < 4.78 is 16.1. The standard InChI is InChI=1S/C24H28N2O6/c1-4-32-18-7-5-17(6-8-18)26-23(27)13-16(24(28)29)11-20-19-14-22(31-3)21(30-2)12-15(19)9-10-25-20/h5-8,12,14,16H,4,9-11,13H2,1-3H3,(H,26,27)(H,28,29). The van der Waals surface area contributed by atoms with Crippen molar-refractivity contribution in [2.24, 2.45) is 10.9 Å². The van der Waals surface area contributed by atoms with Crippen molar-refractivity contribution in [1.29, 1.82) is 0 Å². The van der Waals surface area contributed by atoms with E-state index in [2.05, 4.69) is 10.3 Å². The molecule has 170 valence electrons. The maximum Gasteiger partial charge on any atom is 0.307 e. The molecule has 1 aliphatic rings. The van der Waals surface area contributed by atoms with Gasteiger partial charge in [-0.3, -0.25) is 14.6 Å². The molecule has 1 unspecified atom stereocenters. The second kappa shape index (κ2) is 10.7. The Balaban J connectivity index is 1.71. The molecule has 2 aromatic carbocycles. The van der Waals surface area contributed by atoms with Crippen LogP contribution in [0.5, 0.6) is 17.2 Å². The summed E-state index contributed by atoms with van der Waals surface area (Å²) in [5, 5.41) is 12.5. The van der Waals surface area contributed by atoms with Gasteiger partial charge in [-0.15, -0.1) is 0 Å². The van der Waals surface area contributed by atoms with Gasteiger partial charge in [-0.1, -0.05) is 0 Å². The van der Waals surface area contributed by atoms with Crippen LogP contribution in [-0.2, 0) is 16.0 Å². The molecule has 2 aromatic rings. The minimum atomic E-state index is -1.04. The monoisotopic (exact) mass is 440 g/mol. The van der Waals surface area contributed by atoms with Gasteiger partial charge in [-0.2, -0.15) is 0 Å². The lowest BCUT2D eigenvalue weighted by atomic mass is 9.89. The van der Waals surface area contributed by atoms with E-state index in [-0.39, 0.29) is 18.7 Å². The van der Waals surface area contributed by atoms with Crippen molar-refractivity contribution in [3.63, 3.8) is 0 Å². The van der Waals surface area contributed by atoms with Gasteiger partial charge in [0, 0.05) is 36.3 Å². The lowest BCUT2D eigenvalue weighted by Gasteiger charge is -2.21. The quantitative estimate of drug-likeness (QED) is 0.585. The van der Waals surface area contributed by atoms with E-state index in [4.69, 9.17) is 14.2 Å². The van der Waals surface area contributed by atoms with Gasteiger partial charge in [0.05, 0.1) is 26.7 Å². The van der Waals surface area contributed by atoms with Crippen LogP contribution in [0.4, 0.5) is 5.69 Å². The highest BCUT2D eigenvalue weighted by molar-refractivity contribution is 6.05. The minimum Gasteiger partial charge on any atom is -0.494 e. The summed E-state index contributed by atoms with van der Waals surface area (Å²) in [7, 11) is 3.13. The smallest absolute Gasteiger partial charge is 0.307 e. The fourth-order valence-corrected chi connectivity index (χ4v) is 3.68. The molecule has 1 atom stereocenters. The van der Waals surface area contributed by atoms with Crippen LogP contribution in [0.2, 0.25) is 0 Å². The highest BCUT2D eigenvalue weighted by atomic mass is 16.5. The zero-order chi connectivity index (χ0) is 23.1. The number of hydrogen-bond donors (Lipinski definition) is 2. The molecule has 0 saturated carbocycles. The van der Waals surface area contributed by atoms with Crippen molar-refractivity contribution in [2.75, 3.05) is 32.7 Å². The Kier molecular flexibility index (Phi) is 7.70. The number of benzene rings is 2. The minimum absolute atomic E-state index is 0.147. The maximum absolute atomic E-state index is 12.5. The SMILES string of the molecule is CCOc1ccc(NC(=O)CC(CC2=NCCc3cc(OC)c(OC)cc32)C(=O)O)cc1. The van der Waals surface area contributed by atoms with Gasteiger partial charge in [-0.05, 0) is 55.3 Å². The van der Waals surface area contributed by atoms with E-state index in [1.807, 2.05) is 19.1 Å². The predicted molar refractivity (Wildman–Crippen MR) is 121 cm³/mol. The first-order valence-electron chi connectivity index (χ1n) is 10.5. The molecule has 0 spiro atoms. The third kappa shape index (κ3) is 5.57. The number of carboxylic acids is 1. The van der Waals surface area contributed by atoms with E-state index in [1.54, 1.807) is 38.5 Å². The number of methoxy groups -OCH3 is 2. The van der Waals surface area contributed by atoms with Gasteiger partial charge >= 0.3 is 5.97 Å². The molecule has 8 nitrogen and oxygen atoms in total. The summed E-state index contributed by atoms with van der Waals surface area (Å²) >= 11 is 0. The number of rotatable bonds is 10. The number of anilines is 1. The van der Waals surface area contributed by atoms with Crippen LogP contribution in [-0.4, -0.2) is 50.1 Å². The number of fused-ring (bicyclic) bond motifs is 1. The van der Waals surface area contributed by atoms with Crippen LogP contribution >= 0.6 is 0 Å². The van der Waals surface area contributed by atoms with E-state index >= 15 is 0 Å². The molecule has 0 bridgehead atoms. The number of carbonyl (C=O) groups is 2. The normalized spacial score (nSPS) is 13.4. The molecule has 0 saturated heterocycles. The second-order valence-electron chi connectivity index (χ2n) is 7.39. The van der Waals surface area contributed by atoms with E-state index in [0.717, 1.165) is 17.5 Å². The third-order valence-corrected chi connectivity index (χ3v) is 5.27. The molecule has 2 N–H and O–H groups in total. The Morgan fingerprint density at radius 3 is 2.44 bits per heavy atom. The van der Waals surface area contributed by atoms with Crippen molar-refractivity contribution in [3.05, 3.63) is 47.5 Å². The molecule has 0 aromatic heterocycles. The van der Waals surface area contributed by atoms with E-state index < -0.39 is 11.9 Å². The molecular formula is C24H28N2O6. The van der Waals surface area contributed by atoms with Crippen molar-refractivity contribution in [2.45, 2.75) is 26.2 Å². The van der Waals surface area contributed by atoms with Crippen LogP contribution in [0.25, 0.3) is 0 Å². The van der Waals surface area contributed by atoms with Crippen molar-refractivity contribution >= 4 is 23.3 Å². The van der Waals surface area contributed by atoms with Crippen molar-refractivity contribution < 1.29 is 28.9 Å². The maximum atomic E-state index is 12.5. The fourth-order valence-electron chi connectivity index (χ4n) is 3.68. The molecule has 0 radical (unpaired) electrons. The highest BCUT2D eigenvalue weighted by Crippen LogP contribution is 2.33. The first-order chi connectivity index (χ1) is 15.4. The van der Waals surface area contributed by atoms with Gasteiger partial charge in [0.1, 0.15) is 5.75 Å². The summed E-state index contributed by atoms with van der Waals surface area (Å²) in [6.45, 7) is 3.00. The molecule has 32 heavy (non-hydrogen) atoms. The summed E-state index contributed by atoms with van der Waals surface area (Å²) in [6.07, 6.45) is 0.716. The molecule has 1 amide bonds. The number of aliphatic carboxylic acids is 1. The largest absolute Gasteiger partial charge is 0.494 e. The van der Waals surface area contributed by atoms with Crippen LogP contribution < -0.4 is 19.5 Å². The Morgan fingerprint density at radius 1 is 1.12 bits per heavy atom. The van der Waals surface area contributed by atoms with Crippen LogP contribution in [0.15, 0.2) is 41.4 Å². The number of hydrogen-bond acceptors (Lipinski definition) is 6.